The highest BCUT2D eigenvalue weighted by Gasteiger charge is 2.49. The molecular weight excluding hydrogens is 367 g/mol. The summed E-state index contributed by atoms with van der Waals surface area (Å²) in [6.45, 7) is 6.33. The van der Waals surface area contributed by atoms with Crippen LogP contribution in [0.4, 0.5) is 4.39 Å². The highest BCUT2D eigenvalue weighted by atomic mass is 32.2. The summed E-state index contributed by atoms with van der Waals surface area (Å²) < 4.78 is 26.2. The number of fused-ring (bicyclic) bond motifs is 1. The number of hydrogen-bond acceptors (Lipinski definition) is 7. The van der Waals surface area contributed by atoms with Crippen LogP contribution >= 0.6 is 11.8 Å². The van der Waals surface area contributed by atoms with E-state index in [2.05, 4.69) is 21.5 Å². The highest BCUT2D eigenvalue weighted by Crippen LogP contribution is 2.45. The van der Waals surface area contributed by atoms with Gasteiger partial charge in [0.25, 0.3) is 0 Å². The summed E-state index contributed by atoms with van der Waals surface area (Å²) in [5.74, 6) is 0.371. The van der Waals surface area contributed by atoms with Gasteiger partial charge in [0.2, 0.25) is 0 Å². The van der Waals surface area contributed by atoms with Crippen LogP contribution in [0, 0.1) is 5.92 Å². The molecule has 0 saturated carbocycles. The number of amidine groups is 1. The summed E-state index contributed by atoms with van der Waals surface area (Å²) in [6.07, 6.45) is 8.53. The topological polar surface area (TPSA) is 82.6 Å². The molecule has 1 aromatic heterocycles. The van der Waals surface area contributed by atoms with Crippen molar-refractivity contribution in [2.45, 2.75) is 25.0 Å². The Morgan fingerprint density at radius 3 is 3.04 bits per heavy atom. The van der Waals surface area contributed by atoms with Crippen LogP contribution < -0.4 is 10.5 Å². The Morgan fingerprint density at radius 2 is 2.30 bits per heavy atom. The molecule has 6 nitrogen and oxygen atoms in total. The van der Waals surface area contributed by atoms with Gasteiger partial charge in [-0.2, -0.15) is 0 Å². The van der Waals surface area contributed by atoms with Crippen LogP contribution in [0.15, 0.2) is 59.7 Å². The zero-order chi connectivity index (χ0) is 19.3. The lowest BCUT2D eigenvalue weighted by molar-refractivity contribution is -0.0608. The number of ether oxygens (including phenoxy) is 2. The van der Waals surface area contributed by atoms with Crippen molar-refractivity contribution in [3.63, 3.8) is 0 Å². The first kappa shape index (κ1) is 19.6. The molecule has 3 atom stereocenters. The molecule has 0 aromatic carbocycles. The molecule has 1 saturated heterocycles. The Balaban J connectivity index is 1.74. The molecule has 27 heavy (non-hydrogen) atoms. The first-order valence-electron chi connectivity index (χ1n) is 8.73. The van der Waals surface area contributed by atoms with E-state index >= 15 is 0 Å². The van der Waals surface area contributed by atoms with Crippen LogP contribution in [-0.4, -0.2) is 45.7 Å². The van der Waals surface area contributed by atoms with Gasteiger partial charge < -0.3 is 15.2 Å². The molecule has 0 aliphatic carbocycles. The quantitative estimate of drug-likeness (QED) is 0.752. The predicted octanol–water partition coefficient (Wildman–Crippen LogP) is 3.05. The molecule has 0 bridgehead atoms. The molecule has 3 heterocycles. The molecule has 8 heteroatoms. The number of hydrogen-bond donors (Lipinski definition) is 1. The van der Waals surface area contributed by atoms with E-state index in [0.717, 1.165) is 5.75 Å². The number of allylic oxidation sites excluding steroid dienone is 3. The van der Waals surface area contributed by atoms with Crippen LogP contribution in [0.2, 0.25) is 0 Å². The third kappa shape index (κ3) is 4.39. The van der Waals surface area contributed by atoms with Gasteiger partial charge >= 0.3 is 6.01 Å². The fraction of sp³-hybridized carbons (Fsp3) is 0.421. The minimum atomic E-state index is -0.878. The summed E-state index contributed by atoms with van der Waals surface area (Å²) in [6, 6.07) is 2.03. The number of aliphatic imine (C=N–C) groups is 1. The zero-order valence-electron chi connectivity index (χ0n) is 15.2. The minimum absolute atomic E-state index is 0.0473. The fourth-order valence-electron chi connectivity index (χ4n) is 3.22. The molecule has 144 valence electrons. The first-order chi connectivity index (χ1) is 13.0. The van der Waals surface area contributed by atoms with Crippen LogP contribution in [0.5, 0.6) is 6.01 Å². The van der Waals surface area contributed by atoms with Crippen molar-refractivity contribution in [3.05, 3.63) is 54.7 Å². The second-order valence-corrected chi connectivity index (χ2v) is 7.45. The van der Waals surface area contributed by atoms with Gasteiger partial charge in [0.1, 0.15) is 18.0 Å². The van der Waals surface area contributed by atoms with Crippen molar-refractivity contribution in [2.24, 2.45) is 16.6 Å². The van der Waals surface area contributed by atoms with Gasteiger partial charge in [-0.15, -0.1) is 0 Å². The molecule has 1 aromatic rings. The van der Waals surface area contributed by atoms with Gasteiger partial charge in [0, 0.05) is 29.6 Å². The summed E-state index contributed by atoms with van der Waals surface area (Å²) in [4.78, 5) is 12.7. The maximum absolute atomic E-state index is 14.6. The third-order valence-electron chi connectivity index (χ3n) is 4.69. The van der Waals surface area contributed by atoms with Crippen molar-refractivity contribution in [1.29, 1.82) is 0 Å². The van der Waals surface area contributed by atoms with Gasteiger partial charge in [0.15, 0.2) is 5.17 Å². The van der Waals surface area contributed by atoms with E-state index in [-0.39, 0.29) is 18.6 Å². The van der Waals surface area contributed by atoms with Crippen molar-refractivity contribution in [1.82, 2.24) is 9.97 Å². The van der Waals surface area contributed by atoms with Gasteiger partial charge in [0.05, 0.1) is 12.7 Å². The predicted molar refractivity (Wildman–Crippen MR) is 105 cm³/mol. The van der Waals surface area contributed by atoms with Crippen molar-refractivity contribution < 1.29 is 13.9 Å². The molecule has 1 fully saturated rings. The van der Waals surface area contributed by atoms with Crippen LogP contribution in [0.1, 0.15) is 13.3 Å². The monoisotopic (exact) mass is 390 g/mol. The Morgan fingerprint density at radius 1 is 1.52 bits per heavy atom. The van der Waals surface area contributed by atoms with Gasteiger partial charge in [-0.05, 0) is 25.5 Å². The molecule has 2 aliphatic heterocycles. The average Bonchev–Trinajstić information content (AvgIpc) is 2.70. The molecule has 0 spiro atoms. The van der Waals surface area contributed by atoms with Gasteiger partial charge in [-0.25, -0.2) is 19.4 Å². The van der Waals surface area contributed by atoms with E-state index in [4.69, 9.17) is 15.2 Å². The van der Waals surface area contributed by atoms with Gasteiger partial charge in [-0.1, -0.05) is 30.5 Å². The van der Waals surface area contributed by atoms with Crippen LogP contribution in [0.25, 0.3) is 0 Å². The fourth-order valence-corrected chi connectivity index (χ4v) is 4.23. The molecule has 0 unspecified atom stereocenters. The third-order valence-corrected chi connectivity index (χ3v) is 5.65. The van der Waals surface area contributed by atoms with E-state index in [1.807, 2.05) is 6.92 Å². The maximum atomic E-state index is 14.6. The number of nitrogens with zero attached hydrogens (tertiary/aromatic N) is 3. The van der Waals surface area contributed by atoms with E-state index in [1.165, 1.54) is 17.8 Å². The van der Waals surface area contributed by atoms with Crippen molar-refractivity contribution in [2.75, 3.05) is 19.0 Å². The summed E-state index contributed by atoms with van der Waals surface area (Å²) in [5.41, 5.74) is 5.38. The maximum Gasteiger partial charge on any atom is 0.316 e. The van der Waals surface area contributed by atoms with Crippen LogP contribution in [0.3, 0.4) is 0 Å². The Hall–Kier alpha value is -2.19. The van der Waals surface area contributed by atoms with E-state index in [1.54, 1.807) is 30.6 Å². The molecule has 2 N–H and O–H groups in total. The molecular formula is C19H23FN4O2S. The molecule has 3 rings (SSSR count). The normalized spacial score (nSPS) is 28.5. The second-order valence-electron chi connectivity index (χ2n) is 6.41. The molecule has 0 amide bonds. The summed E-state index contributed by atoms with van der Waals surface area (Å²) >= 11 is 1.48. The smallest absolute Gasteiger partial charge is 0.316 e. The Bertz CT molecular complexity index is 768. The molecule has 0 radical (unpaired) electrons. The Labute approximate surface area is 162 Å². The van der Waals surface area contributed by atoms with E-state index in [9.17, 15) is 4.39 Å². The zero-order valence-corrected chi connectivity index (χ0v) is 16.0. The number of aromatic nitrogens is 2. The van der Waals surface area contributed by atoms with E-state index < -0.39 is 11.4 Å². The largest absolute Gasteiger partial charge is 0.461 e. The summed E-state index contributed by atoms with van der Waals surface area (Å²) in [5, 5.41) is 0.433. The lowest BCUT2D eigenvalue weighted by atomic mass is 9.75. The number of halogens is 1. The lowest BCUT2D eigenvalue weighted by Crippen LogP contribution is -2.54. The first-order valence-corrected chi connectivity index (χ1v) is 9.71. The highest BCUT2D eigenvalue weighted by molar-refractivity contribution is 8.13. The second kappa shape index (κ2) is 8.67. The van der Waals surface area contributed by atoms with Crippen molar-refractivity contribution in [3.8, 4) is 6.01 Å². The minimum Gasteiger partial charge on any atom is -0.461 e. The SMILES string of the molecule is C=C(/C(F)=C\C=C/C)[C@]12CO[C@@H](COc3ncccn3)C[C@H]1CSC(N)=N2. The van der Waals surface area contributed by atoms with E-state index in [0.29, 0.717) is 29.8 Å². The van der Waals surface area contributed by atoms with Crippen molar-refractivity contribution >= 4 is 16.9 Å². The number of nitrogens with two attached hydrogens (primary N) is 1. The van der Waals surface area contributed by atoms with Crippen LogP contribution in [-0.2, 0) is 4.74 Å². The lowest BCUT2D eigenvalue weighted by Gasteiger charge is -2.46. The molecule has 2 aliphatic rings. The summed E-state index contributed by atoms with van der Waals surface area (Å²) in [7, 11) is 0. The number of rotatable bonds is 6. The Kier molecular flexibility index (Phi) is 6.28. The number of thioether (sulfide) groups is 1. The standard InChI is InChI=1S/C19H23FN4O2S/c1-3-4-6-16(20)13(2)19-12-26-15(9-14(19)11-27-17(21)24-19)10-25-18-22-7-5-8-23-18/h3-8,14-15H,2,9-12H2,1H3,(H2,21,24)/b4-3-,16-6+/t14-,15+,19+/m0/s1. The average molecular weight is 390 g/mol. The van der Waals surface area contributed by atoms with Gasteiger partial charge in [-0.3, -0.25) is 0 Å².